The van der Waals surface area contributed by atoms with Crippen LogP contribution in [-0.2, 0) is 14.8 Å². The number of halogens is 1. The second-order valence-corrected chi connectivity index (χ2v) is 8.50. The van der Waals surface area contributed by atoms with Crippen molar-refractivity contribution in [3.63, 3.8) is 0 Å². The Bertz CT molecular complexity index is 1050. The van der Waals surface area contributed by atoms with Gasteiger partial charge in [0.15, 0.2) is 0 Å². The van der Waals surface area contributed by atoms with Gasteiger partial charge in [0, 0.05) is 16.0 Å². The smallest absolute Gasteiger partial charge is 0.341 e. The van der Waals surface area contributed by atoms with Crippen molar-refractivity contribution in [2.24, 2.45) is 0 Å². The lowest BCUT2D eigenvalue weighted by Crippen LogP contribution is -2.15. The summed E-state index contributed by atoms with van der Waals surface area (Å²) in [6.45, 7) is 1.89. The van der Waals surface area contributed by atoms with E-state index in [4.69, 9.17) is 16.3 Å². The second-order valence-electron chi connectivity index (χ2n) is 5.50. The summed E-state index contributed by atoms with van der Waals surface area (Å²) in [4.78, 5) is 12.6. The van der Waals surface area contributed by atoms with E-state index < -0.39 is 16.0 Å². The molecule has 0 unspecified atom stereocenters. The average Bonchev–Trinajstić information content (AvgIpc) is 3.06. The minimum atomic E-state index is -3.88. The van der Waals surface area contributed by atoms with E-state index in [0.29, 0.717) is 10.6 Å². The van der Waals surface area contributed by atoms with Gasteiger partial charge in [-0.15, -0.1) is 11.3 Å². The van der Waals surface area contributed by atoms with Gasteiger partial charge in [-0.05, 0) is 36.8 Å². The molecule has 0 radical (unpaired) electrons. The Morgan fingerprint density at radius 2 is 1.78 bits per heavy atom. The van der Waals surface area contributed by atoms with Crippen molar-refractivity contribution in [3.05, 3.63) is 70.6 Å². The van der Waals surface area contributed by atoms with Gasteiger partial charge in [-0.1, -0.05) is 41.9 Å². The van der Waals surface area contributed by atoms with Crippen LogP contribution < -0.4 is 4.72 Å². The van der Waals surface area contributed by atoms with E-state index in [9.17, 15) is 13.2 Å². The number of hydrogen-bond acceptors (Lipinski definition) is 5. The second kappa shape index (κ2) is 8.12. The third kappa shape index (κ3) is 4.32. The Balaban J connectivity index is 2.04. The summed E-state index contributed by atoms with van der Waals surface area (Å²) in [5.74, 6) is -0.577. The lowest BCUT2D eigenvalue weighted by Gasteiger charge is -2.10. The monoisotopic (exact) mass is 421 g/mol. The summed E-state index contributed by atoms with van der Waals surface area (Å²) in [6, 6.07) is 15.0. The number of hydrogen-bond donors (Lipinski definition) is 1. The molecule has 0 spiro atoms. The molecule has 0 aliphatic rings. The largest absolute Gasteiger partial charge is 0.462 e. The quantitative estimate of drug-likeness (QED) is 0.565. The number of esters is 1. The predicted molar refractivity (Wildman–Crippen MR) is 108 cm³/mol. The lowest BCUT2D eigenvalue weighted by molar-refractivity contribution is 0.0529. The van der Waals surface area contributed by atoms with Crippen LogP contribution in [0.3, 0.4) is 0 Å². The molecule has 3 aromatic rings. The first-order valence-electron chi connectivity index (χ1n) is 8.05. The minimum absolute atomic E-state index is 0.0522. The van der Waals surface area contributed by atoms with Gasteiger partial charge in [0.1, 0.15) is 10.6 Å². The number of thiophene rings is 1. The maximum absolute atomic E-state index is 12.7. The first-order chi connectivity index (χ1) is 12.9. The summed E-state index contributed by atoms with van der Waals surface area (Å²) in [5, 5.41) is 2.38. The number of carbonyl (C=O) groups is 1. The molecule has 0 atom stereocenters. The maximum Gasteiger partial charge on any atom is 0.341 e. The molecule has 0 fully saturated rings. The van der Waals surface area contributed by atoms with Crippen molar-refractivity contribution in [1.29, 1.82) is 0 Å². The molecular formula is C19H16ClNO4S2. The number of rotatable bonds is 6. The van der Waals surface area contributed by atoms with Crippen LogP contribution in [0.25, 0.3) is 11.1 Å². The van der Waals surface area contributed by atoms with Crippen molar-refractivity contribution in [3.8, 4) is 11.1 Å². The molecule has 0 bridgehead atoms. The number of nitrogens with one attached hydrogen (secondary N) is 1. The molecule has 0 aliphatic heterocycles. The lowest BCUT2D eigenvalue weighted by atomic mass is 10.0. The molecule has 3 rings (SSSR count). The Hall–Kier alpha value is -2.35. The van der Waals surface area contributed by atoms with Crippen LogP contribution in [0.2, 0.25) is 5.02 Å². The highest BCUT2D eigenvalue weighted by molar-refractivity contribution is 7.93. The van der Waals surface area contributed by atoms with E-state index in [-0.39, 0.29) is 22.1 Å². The van der Waals surface area contributed by atoms with E-state index in [2.05, 4.69) is 4.72 Å². The van der Waals surface area contributed by atoms with Crippen LogP contribution >= 0.6 is 22.9 Å². The Labute approximate surface area is 166 Å². The average molecular weight is 422 g/mol. The summed E-state index contributed by atoms with van der Waals surface area (Å²) in [5.41, 5.74) is 1.62. The van der Waals surface area contributed by atoms with Crippen LogP contribution in [0, 0.1) is 0 Å². The Morgan fingerprint density at radius 3 is 2.41 bits per heavy atom. The van der Waals surface area contributed by atoms with Gasteiger partial charge in [-0.3, -0.25) is 4.72 Å². The molecule has 0 amide bonds. The zero-order chi connectivity index (χ0) is 19.4. The zero-order valence-electron chi connectivity index (χ0n) is 14.3. The fourth-order valence-corrected chi connectivity index (χ4v) is 4.87. The van der Waals surface area contributed by atoms with Crippen LogP contribution in [0.5, 0.6) is 0 Å². The molecule has 27 heavy (non-hydrogen) atoms. The fraction of sp³-hybridized carbons (Fsp3) is 0.105. The standard InChI is InChI=1S/C19H16ClNO4S2/c1-2-25-19(22)17-16(13-6-4-3-5-7-13)12-26-18(17)21-27(23,24)15-10-8-14(20)9-11-15/h3-12,21H,2H2,1H3. The first kappa shape index (κ1) is 19.4. The molecule has 1 aromatic heterocycles. The molecule has 1 heterocycles. The number of sulfonamides is 1. The van der Waals surface area contributed by atoms with Crippen molar-refractivity contribution >= 4 is 43.9 Å². The molecule has 140 valence electrons. The normalized spacial score (nSPS) is 11.2. The van der Waals surface area contributed by atoms with E-state index >= 15 is 0 Å². The van der Waals surface area contributed by atoms with Crippen LogP contribution in [0.15, 0.2) is 64.9 Å². The van der Waals surface area contributed by atoms with Gasteiger partial charge >= 0.3 is 5.97 Å². The first-order valence-corrected chi connectivity index (χ1v) is 10.8. The third-order valence-corrected chi connectivity index (χ3v) is 6.35. The zero-order valence-corrected chi connectivity index (χ0v) is 16.7. The summed E-state index contributed by atoms with van der Waals surface area (Å²) in [6.07, 6.45) is 0. The Kier molecular flexibility index (Phi) is 5.84. The number of benzene rings is 2. The maximum atomic E-state index is 12.7. The van der Waals surface area contributed by atoms with Gasteiger partial charge in [0.05, 0.1) is 11.5 Å². The van der Waals surface area contributed by atoms with Crippen LogP contribution in [-0.4, -0.2) is 21.0 Å². The fourth-order valence-electron chi connectivity index (χ4n) is 2.46. The van der Waals surface area contributed by atoms with Crippen molar-refractivity contribution in [2.75, 3.05) is 11.3 Å². The van der Waals surface area contributed by atoms with Gasteiger partial charge in [-0.2, -0.15) is 0 Å². The summed E-state index contributed by atoms with van der Waals surface area (Å²) < 4.78 is 33.0. The minimum Gasteiger partial charge on any atom is -0.462 e. The SMILES string of the molecule is CCOC(=O)c1c(-c2ccccc2)csc1NS(=O)(=O)c1ccc(Cl)cc1. The van der Waals surface area contributed by atoms with Crippen molar-refractivity contribution in [1.82, 2.24) is 0 Å². The highest BCUT2D eigenvalue weighted by Crippen LogP contribution is 2.37. The van der Waals surface area contributed by atoms with Gasteiger partial charge in [0.25, 0.3) is 10.0 Å². The Morgan fingerprint density at radius 1 is 1.11 bits per heavy atom. The van der Waals surface area contributed by atoms with Crippen molar-refractivity contribution < 1.29 is 17.9 Å². The summed E-state index contributed by atoms with van der Waals surface area (Å²) in [7, 11) is -3.88. The van der Waals surface area contributed by atoms with Gasteiger partial charge in [0.2, 0.25) is 0 Å². The molecule has 0 aliphatic carbocycles. The number of anilines is 1. The molecule has 8 heteroatoms. The molecule has 0 saturated heterocycles. The van der Waals surface area contributed by atoms with Crippen LogP contribution in [0.1, 0.15) is 17.3 Å². The van der Waals surface area contributed by atoms with Gasteiger partial charge < -0.3 is 4.74 Å². The molecule has 5 nitrogen and oxygen atoms in total. The summed E-state index contributed by atoms with van der Waals surface area (Å²) >= 11 is 6.95. The molecule has 1 N–H and O–H groups in total. The molecular weight excluding hydrogens is 406 g/mol. The van der Waals surface area contributed by atoms with Crippen LogP contribution in [0.4, 0.5) is 5.00 Å². The molecule has 0 saturated carbocycles. The highest BCUT2D eigenvalue weighted by Gasteiger charge is 2.25. The topological polar surface area (TPSA) is 72.5 Å². The van der Waals surface area contributed by atoms with E-state index in [1.54, 1.807) is 12.3 Å². The predicted octanol–water partition coefficient (Wildman–Crippen LogP) is 5.05. The van der Waals surface area contributed by atoms with E-state index in [0.717, 1.165) is 16.9 Å². The van der Waals surface area contributed by atoms with E-state index in [1.807, 2.05) is 30.3 Å². The highest BCUT2D eigenvalue weighted by atomic mass is 35.5. The van der Waals surface area contributed by atoms with Gasteiger partial charge in [-0.25, -0.2) is 13.2 Å². The van der Waals surface area contributed by atoms with Crippen molar-refractivity contribution in [2.45, 2.75) is 11.8 Å². The number of ether oxygens (including phenoxy) is 1. The number of carbonyl (C=O) groups excluding carboxylic acids is 1. The third-order valence-electron chi connectivity index (χ3n) is 3.71. The van der Waals surface area contributed by atoms with E-state index in [1.165, 1.54) is 24.3 Å². The molecule has 2 aromatic carbocycles.